The van der Waals surface area contributed by atoms with E-state index in [1.807, 2.05) is 30.3 Å². The maximum atomic E-state index is 11.8. The van der Waals surface area contributed by atoms with Gasteiger partial charge in [-0.2, -0.15) is 0 Å². The zero-order valence-electron chi connectivity index (χ0n) is 11.2. The van der Waals surface area contributed by atoms with Crippen molar-refractivity contribution in [2.24, 2.45) is 0 Å². The number of hydrogen-bond acceptors (Lipinski definition) is 5. The first-order valence-corrected chi connectivity index (χ1v) is 6.18. The molecule has 5 nitrogen and oxygen atoms in total. The van der Waals surface area contributed by atoms with Crippen molar-refractivity contribution >= 4 is 24.0 Å². The molecule has 2 rings (SSSR count). The number of benzene rings is 2. The van der Waals surface area contributed by atoms with Crippen LogP contribution in [0.15, 0.2) is 59.5 Å². The largest absolute Gasteiger partial charge is 1.00 e. The number of aromatic carboxylic acids is 1. The van der Waals surface area contributed by atoms with Crippen LogP contribution < -0.4 is 51.4 Å². The van der Waals surface area contributed by atoms with E-state index in [1.165, 1.54) is 24.3 Å². The first-order chi connectivity index (χ1) is 9.16. The Morgan fingerprint density at radius 3 is 2.19 bits per heavy atom. The minimum absolute atomic E-state index is 0. The van der Waals surface area contributed by atoms with Crippen LogP contribution in [0.2, 0.25) is 0 Å². The van der Waals surface area contributed by atoms with Gasteiger partial charge in [0.2, 0.25) is 0 Å². The molecule has 0 aliphatic rings. The van der Waals surface area contributed by atoms with E-state index in [4.69, 9.17) is 9.29 Å². The van der Waals surface area contributed by atoms with Crippen LogP contribution in [0, 0.1) is 0 Å². The Kier molecular flexibility index (Phi) is 9.79. The molecule has 2 N–H and O–H groups in total. The van der Waals surface area contributed by atoms with Crippen molar-refractivity contribution in [1.29, 1.82) is 0 Å². The number of carbonyl (C=O) groups is 2. The fourth-order valence-electron chi connectivity index (χ4n) is 1.39. The summed E-state index contributed by atoms with van der Waals surface area (Å²) in [6.45, 7) is 0. The molecule has 0 bridgehead atoms. The zero-order chi connectivity index (χ0) is 13.7. The molecular formula is C14H11KO5S. The number of carbonyl (C=O) groups excluding carboxylic acids is 1. The second kappa shape index (κ2) is 10.1. The van der Waals surface area contributed by atoms with Gasteiger partial charge in [0, 0.05) is 4.90 Å². The smallest absolute Gasteiger partial charge is 0.870 e. The maximum Gasteiger partial charge on any atom is 1.00 e. The molecule has 104 valence electrons. The van der Waals surface area contributed by atoms with Crippen molar-refractivity contribution in [1.82, 2.24) is 0 Å². The second-order valence-corrected chi connectivity index (χ2v) is 4.46. The summed E-state index contributed by atoms with van der Waals surface area (Å²) in [6.07, 6.45) is 0. The Morgan fingerprint density at radius 1 is 0.952 bits per heavy atom. The third-order valence-corrected chi connectivity index (χ3v) is 3.00. The topological polar surface area (TPSA) is 93.6 Å². The van der Waals surface area contributed by atoms with E-state index >= 15 is 0 Å². The molecule has 0 saturated carbocycles. The molecule has 0 atom stereocenters. The molecule has 0 heterocycles. The number of rotatable bonds is 4. The molecule has 2 aromatic carbocycles. The normalized spacial score (nSPS) is 8.95. The third-order valence-electron chi connectivity index (χ3n) is 2.30. The van der Waals surface area contributed by atoms with E-state index in [1.54, 1.807) is 0 Å². The molecule has 21 heavy (non-hydrogen) atoms. The molecular weight excluding hydrogens is 319 g/mol. The summed E-state index contributed by atoms with van der Waals surface area (Å²) in [6, 6.07) is 14.9. The van der Waals surface area contributed by atoms with Gasteiger partial charge in [0.1, 0.15) is 0 Å². The van der Waals surface area contributed by atoms with Gasteiger partial charge in [-0.1, -0.05) is 24.3 Å². The van der Waals surface area contributed by atoms with Gasteiger partial charge in [-0.15, -0.1) is 0 Å². The SMILES string of the molecule is O=C(O)c1cccc(C(=O)OSc2ccccc2)c1.[K+].[OH-]. The van der Waals surface area contributed by atoms with Gasteiger partial charge in [0.25, 0.3) is 0 Å². The standard InChI is InChI=1S/C14H10O4S.K.H2O/c15-13(16)10-5-4-6-11(9-10)14(17)18-19-12-7-2-1-3-8-12;;/h1-9H,(H,15,16);;1H2/q;+1;/p-1. The Balaban J connectivity index is 0.00000200. The molecule has 0 radical (unpaired) electrons. The Labute approximate surface area is 168 Å². The van der Waals surface area contributed by atoms with E-state index < -0.39 is 11.9 Å². The van der Waals surface area contributed by atoms with Crippen LogP contribution in [0.4, 0.5) is 0 Å². The number of hydrogen-bond donors (Lipinski definition) is 1. The quantitative estimate of drug-likeness (QED) is 0.630. The summed E-state index contributed by atoms with van der Waals surface area (Å²) in [5.74, 6) is -1.65. The van der Waals surface area contributed by atoms with Crippen LogP contribution >= 0.6 is 12.0 Å². The molecule has 0 aromatic heterocycles. The van der Waals surface area contributed by atoms with Crippen molar-refractivity contribution in [3.05, 3.63) is 65.7 Å². The van der Waals surface area contributed by atoms with Crippen LogP contribution in [0.25, 0.3) is 0 Å². The molecule has 0 spiro atoms. The summed E-state index contributed by atoms with van der Waals surface area (Å²) < 4.78 is 5.03. The minimum atomic E-state index is -1.08. The van der Waals surface area contributed by atoms with E-state index in [0.29, 0.717) is 0 Å². The molecule has 0 unspecified atom stereocenters. The molecule has 7 heteroatoms. The predicted octanol–water partition coefficient (Wildman–Crippen LogP) is 0.0761. The number of carboxylic acids is 1. The van der Waals surface area contributed by atoms with Gasteiger partial charge in [-0.25, -0.2) is 9.59 Å². The zero-order valence-corrected chi connectivity index (χ0v) is 15.2. The Morgan fingerprint density at radius 2 is 1.57 bits per heavy atom. The molecule has 0 fully saturated rings. The van der Waals surface area contributed by atoms with Gasteiger partial charge in [-0.3, -0.25) is 0 Å². The van der Waals surface area contributed by atoms with E-state index in [-0.39, 0.29) is 68.0 Å². The Bertz CT molecular complexity index is 603. The predicted molar refractivity (Wildman–Crippen MR) is 73.1 cm³/mol. The van der Waals surface area contributed by atoms with Crippen LogP contribution in [0.1, 0.15) is 20.7 Å². The second-order valence-electron chi connectivity index (χ2n) is 3.65. The summed E-state index contributed by atoms with van der Waals surface area (Å²) in [7, 11) is 0. The Hall–Kier alpha value is -0.674. The van der Waals surface area contributed by atoms with Crippen LogP contribution in [0.3, 0.4) is 0 Å². The summed E-state index contributed by atoms with van der Waals surface area (Å²) >= 11 is 0.941. The monoisotopic (exact) mass is 330 g/mol. The van der Waals surface area contributed by atoms with Gasteiger partial charge in [-0.05, 0) is 30.3 Å². The third kappa shape index (κ3) is 6.31. The fraction of sp³-hybridized carbons (Fsp3) is 0. The molecule has 0 aliphatic heterocycles. The average molecular weight is 330 g/mol. The van der Waals surface area contributed by atoms with Gasteiger partial charge in [0.15, 0.2) is 0 Å². The van der Waals surface area contributed by atoms with Crippen molar-refractivity contribution in [2.45, 2.75) is 4.90 Å². The summed E-state index contributed by atoms with van der Waals surface area (Å²) in [5, 5.41) is 8.84. The van der Waals surface area contributed by atoms with Crippen LogP contribution in [0.5, 0.6) is 0 Å². The first kappa shape index (κ1) is 20.3. The van der Waals surface area contributed by atoms with Crippen molar-refractivity contribution in [2.75, 3.05) is 0 Å². The average Bonchev–Trinajstić information content (AvgIpc) is 2.46. The first-order valence-electron chi connectivity index (χ1n) is 5.44. The van der Waals surface area contributed by atoms with Gasteiger partial charge < -0.3 is 14.8 Å². The van der Waals surface area contributed by atoms with Gasteiger partial charge in [0.05, 0.1) is 23.2 Å². The van der Waals surface area contributed by atoms with Gasteiger partial charge >= 0.3 is 63.3 Å². The molecule has 0 aliphatic carbocycles. The minimum Gasteiger partial charge on any atom is -0.870 e. The van der Waals surface area contributed by atoms with Crippen LogP contribution in [-0.4, -0.2) is 22.5 Å². The molecule has 0 amide bonds. The molecule has 2 aromatic rings. The van der Waals surface area contributed by atoms with Crippen LogP contribution in [-0.2, 0) is 4.18 Å². The summed E-state index contributed by atoms with van der Waals surface area (Å²) in [4.78, 5) is 23.4. The summed E-state index contributed by atoms with van der Waals surface area (Å²) in [5.41, 5.74) is 0.266. The van der Waals surface area contributed by atoms with Crippen molar-refractivity contribution < 1.29 is 75.7 Å². The van der Waals surface area contributed by atoms with E-state index in [0.717, 1.165) is 16.9 Å². The molecule has 0 saturated heterocycles. The van der Waals surface area contributed by atoms with Crippen molar-refractivity contribution in [3.8, 4) is 0 Å². The van der Waals surface area contributed by atoms with E-state index in [9.17, 15) is 9.59 Å². The van der Waals surface area contributed by atoms with E-state index in [2.05, 4.69) is 0 Å². The van der Waals surface area contributed by atoms with Crippen molar-refractivity contribution in [3.63, 3.8) is 0 Å². The maximum absolute atomic E-state index is 11.8. The number of carboxylic acid groups (broad SMARTS) is 1. The fourth-order valence-corrected chi connectivity index (χ4v) is 1.93.